The van der Waals surface area contributed by atoms with Gasteiger partial charge in [0.25, 0.3) is 0 Å². The van der Waals surface area contributed by atoms with Crippen LogP contribution in [-0.4, -0.2) is 31.8 Å². The lowest BCUT2D eigenvalue weighted by molar-refractivity contribution is 0.0552. The number of aromatic nitrogens is 1. The fourth-order valence-corrected chi connectivity index (χ4v) is 3.08. The molecule has 0 N–H and O–H groups in total. The van der Waals surface area contributed by atoms with Gasteiger partial charge in [0.05, 0.1) is 31.0 Å². The monoisotopic (exact) mass is 427 g/mol. The molecule has 0 unspecified atom stereocenters. The molecular weight excluding hydrogens is 410 g/mol. The van der Waals surface area contributed by atoms with Gasteiger partial charge in [-0.25, -0.2) is 9.78 Å². The minimum absolute atomic E-state index is 0.141. The largest absolute Gasteiger partial charge is 0.493 e. The maximum atomic E-state index is 12.6. The topological polar surface area (TPSA) is 57.7 Å². The van der Waals surface area contributed by atoms with Crippen molar-refractivity contribution in [3.05, 3.63) is 65.2 Å². The van der Waals surface area contributed by atoms with Gasteiger partial charge in [-0.15, -0.1) is 0 Å². The zero-order chi connectivity index (χ0) is 19.4. The van der Waals surface area contributed by atoms with Crippen molar-refractivity contribution >= 4 is 32.8 Å². The lowest BCUT2D eigenvalue weighted by atomic mass is 10.0. The molecular formula is C21H18BrNO4. The Hall–Kier alpha value is -2.86. The minimum atomic E-state index is -0.429. The number of methoxy groups -OCH3 is 2. The van der Waals surface area contributed by atoms with E-state index in [1.54, 1.807) is 26.4 Å². The summed E-state index contributed by atoms with van der Waals surface area (Å²) in [7, 11) is 3.16. The van der Waals surface area contributed by atoms with Crippen molar-refractivity contribution in [1.82, 2.24) is 4.98 Å². The highest BCUT2D eigenvalue weighted by molar-refractivity contribution is 9.10. The lowest BCUT2D eigenvalue weighted by Crippen LogP contribution is -2.07. The molecule has 0 bridgehead atoms. The van der Waals surface area contributed by atoms with Gasteiger partial charge in [0.15, 0.2) is 11.5 Å². The quantitative estimate of drug-likeness (QED) is 0.408. The Morgan fingerprint density at radius 3 is 2.59 bits per heavy atom. The van der Waals surface area contributed by atoms with Crippen LogP contribution in [0, 0.1) is 0 Å². The first-order valence-electron chi connectivity index (χ1n) is 8.18. The van der Waals surface area contributed by atoms with E-state index in [9.17, 15) is 4.79 Å². The number of nitrogens with zero attached hydrogens (tertiary/aromatic N) is 1. The van der Waals surface area contributed by atoms with E-state index in [1.807, 2.05) is 30.3 Å². The molecule has 1 heterocycles. The van der Waals surface area contributed by atoms with Crippen LogP contribution in [0.4, 0.5) is 0 Å². The maximum Gasteiger partial charge on any atom is 0.339 e. The normalized spacial score (nSPS) is 10.5. The molecule has 0 spiro atoms. The number of carbonyl (C=O) groups is 1. The third-order valence-electron chi connectivity index (χ3n) is 4.00. The molecule has 0 saturated heterocycles. The molecule has 3 aromatic rings. The lowest BCUT2D eigenvalue weighted by Gasteiger charge is -2.12. The van der Waals surface area contributed by atoms with Gasteiger partial charge in [0, 0.05) is 15.4 Å². The zero-order valence-corrected chi connectivity index (χ0v) is 16.6. The van der Waals surface area contributed by atoms with E-state index in [-0.39, 0.29) is 6.61 Å². The molecule has 27 heavy (non-hydrogen) atoms. The fraction of sp³-hybridized carbons (Fsp3) is 0.143. The van der Waals surface area contributed by atoms with E-state index in [2.05, 4.69) is 22.5 Å². The summed E-state index contributed by atoms with van der Waals surface area (Å²) in [6.45, 7) is 3.72. The van der Waals surface area contributed by atoms with Crippen LogP contribution in [0.2, 0.25) is 0 Å². The Morgan fingerprint density at radius 2 is 1.89 bits per heavy atom. The van der Waals surface area contributed by atoms with Crippen LogP contribution in [-0.2, 0) is 4.74 Å². The Bertz CT molecular complexity index is 1020. The van der Waals surface area contributed by atoms with Crippen LogP contribution in [0.1, 0.15) is 10.4 Å². The molecule has 0 radical (unpaired) electrons. The number of esters is 1. The van der Waals surface area contributed by atoms with Gasteiger partial charge >= 0.3 is 5.97 Å². The Kier molecular flexibility index (Phi) is 5.76. The number of carbonyl (C=O) groups excluding carboxylic acids is 1. The Balaban J connectivity index is 2.18. The number of ether oxygens (including phenoxy) is 3. The summed E-state index contributed by atoms with van der Waals surface area (Å²) in [5, 5.41) is 0.711. The molecule has 2 aromatic carbocycles. The van der Waals surface area contributed by atoms with Crippen molar-refractivity contribution in [2.24, 2.45) is 0 Å². The summed E-state index contributed by atoms with van der Waals surface area (Å²) in [6, 6.07) is 12.8. The van der Waals surface area contributed by atoms with E-state index in [4.69, 9.17) is 19.2 Å². The van der Waals surface area contributed by atoms with Crippen LogP contribution >= 0.6 is 15.9 Å². The smallest absolute Gasteiger partial charge is 0.339 e. The predicted molar refractivity (Wildman–Crippen MR) is 108 cm³/mol. The van der Waals surface area contributed by atoms with E-state index in [0.717, 1.165) is 10.0 Å². The molecule has 0 atom stereocenters. The van der Waals surface area contributed by atoms with Gasteiger partial charge in [-0.2, -0.15) is 0 Å². The molecule has 0 aliphatic heterocycles. The van der Waals surface area contributed by atoms with E-state index in [1.165, 1.54) is 6.08 Å². The molecule has 0 fully saturated rings. The van der Waals surface area contributed by atoms with Crippen LogP contribution in [0.25, 0.3) is 22.2 Å². The van der Waals surface area contributed by atoms with Crippen molar-refractivity contribution in [2.45, 2.75) is 0 Å². The predicted octanol–water partition coefficient (Wildman–Crippen LogP) is 5.02. The first-order chi connectivity index (χ1) is 13.1. The number of fused-ring (bicyclic) bond motifs is 1. The number of hydrogen-bond donors (Lipinski definition) is 0. The number of pyridine rings is 1. The Morgan fingerprint density at radius 1 is 1.11 bits per heavy atom. The zero-order valence-electron chi connectivity index (χ0n) is 15.0. The third kappa shape index (κ3) is 3.95. The van der Waals surface area contributed by atoms with Crippen molar-refractivity contribution in [1.29, 1.82) is 0 Å². The van der Waals surface area contributed by atoms with Gasteiger partial charge in [-0.05, 0) is 42.5 Å². The molecule has 0 aliphatic rings. The third-order valence-corrected chi connectivity index (χ3v) is 4.50. The maximum absolute atomic E-state index is 12.6. The molecule has 138 valence electrons. The average Bonchev–Trinajstić information content (AvgIpc) is 2.70. The summed E-state index contributed by atoms with van der Waals surface area (Å²) in [4.78, 5) is 17.3. The fourth-order valence-electron chi connectivity index (χ4n) is 2.72. The van der Waals surface area contributed by atoms with Crippen molar-refractivity contribution < 1.29 is 19.0 Å². The summed E-state index contributed by atoms with van der Waals surface area (Å²) in [5.41, 5.74) is 2.57. The average molecular weight is 428 g/mol. The summed E-state index contributed by atoms with van der Waals surface area (Å²) in [5.74, 6) is 0.780. The van der Waals surface area contributed by atoms with Gasteiger partial charge in [0.2, 0.25) is 0 Å². The SMILES string of the molecule is C=CCOC(=O)c1cc(-c2ccc(OC)c(OC)c2)nc2ccc(Br)cc12. The highest BCUT2D eigenvalue weighted by Crippen LogP contribution is 2.33. The molecule has 0 saturated carbocycles. The molecule has 6 heteroatoms. The van der Waals surface area contributed by atoms with Gasteiger partial charge in [-0.3, -0.25) is 0 Å². The highest BCUT2D eigenvalue weighted by Gasteiger charge is 2.16. The summed E-state index contributed by atoms with van der Waals surface area (Å²) < 4.78 is 16.8. The van der Waals surface area contributed by atoms with Crippen LogP contribution < -0.4 is 9.47 Å². The van der Waals surface area contributed by atoms with Gasteiger partial charge < -0.3 is 14.2 Å². The second kappa shape index (κ2) is 8.22. The van der Waals surface area contributed by atoms with Crippen molar-refractivity contribution in [2.75, 3.05) is 20.8 Å². The second-order valence-electron chi connectivity index (χ2n) is 5.67. The van der Waals surface area contributed by atoms with Crippen LogP contribution in [0.5, 0.6) is 11.5 Å². The second-order valence-corrected chi connectivity index (χ2v) is 6.59. The Labute approximate surface area is 165 Å². The molecule has 1 aromatic heterocycles. The first-order valence-corrected chi connectivity index (χ1v) is 8.97. The summed E-state index contributed by atoms with van der Waals surface area (Å²) >= 11 is 3.44. The molecule has 5 nitrogen and oxygen atoms in total. The number of rotatable bonds is 6. The molecule has 3 rings (SSSR count). The highest BCUT2D eigenvalue weighted by atomic mass is 79.9. The van der Waals surface area contributed by atoms with Gasteiger partial charge in [0.1, 0.15) is 6.61 Å². The number of hydrogen-bond acceptors (Lipinski definition) is 5. The van der Waals surface area contributed by atoms with Gasteiger partial charge in [-0.1, -0.05) is 28.6 Å². The van der Waals surface area contributed by atoms with E-state index in [0.29, 0.717) is 33.7 Å². The molecule has 0 amide bonds. The van der Waals surface area contributed by atoms with Crippen molar-refractivity contribution in [3.63, 3.8) is 0 Å². The summed E-state index contributed by atoms with van der Waals surface area (Å²) in [6.07, 6.45) is 1.53. The number of halogens is 1. The standard InChI is InChI=1S/C21H18BrNO4/c1-4-9-27-21(24)16-12-18(23-17-7-6-14(22)11-15(16)17)13-5-8-19(25-2)20(10-13)26-3/h4-8,10-12H,1,9H2,2-3H3. The van der Waals surface area contributed by atoms with Crippen LogP contribution in [0.15, 0.2) is 59.6 Å². The van der Waals surface area contributed by atoms with E-state index < -0.39 is 5.97 Å². The number of benzene rings is 2. The van der Waals surface area contributed by atoms with Crippen molar-refractivity contribution in [3.8, 4) is 22.8 Å². The molecule has 0 aliphatic carbocycles. The van der Waals surface area contributed by atoms with E-state index >= 15 is 0 Å². The first kappa shape index (κ1) is 18.9. The van der Waals surface area contributed by atoms with Crippen LogP contribution in [0.3, 0.4) is 0 Å². The minimum Gasteiger partial charge on any atom is -0.493 e.